The molecule has 2 amide bonds. The minimum Gasteiger partial charge on any atom is -0.457 e. The number of unbranched alkanes of at least 4 members (excludes halogenated alkanes) is 4. The number of benzene rings is 5. The normalized spacial score (nSPS) is 17.4. The highest BCUT2D eigenvalue weighted by molar-refractivity contribution is 7.85. The number of carbonyl (C=O) groups is 2. The number of ether oxygens (including phenoxy) is 1. The van der Waals surface area contributed by atoms with Crippen molar-refractivity contribution in [1.82, 2.24) is 5.32 Å². The van der Waals surface area contributed by atoms with Crippen LogP contribution in [-0.2, 0) is 37.1 Å². The number of aryl methyl sites for hydroxylation is 1. The molecule has 398 valence electrons. The predicted octanol–water partition coefficient (Wildman–Crippen LogP) is 13.5. The smallest absolute Gasteiger partial charge is 0.294 e. The van der Waals surface area contributed by atoms with E-state index in [0.717, 1.165) is 110 Å². The van der Waals surface area contributed by atoms with Gasteiger partial charge in [0, 0.05) is 78.0 Å². The average Bonchev–Trinajstić information content (AvgIpc) is 3.82. The number of rotatable bonds is 19. The van der Waals surface area contributed by atoms with Gasteiger partial charge >= 0.3 is 0 Å². The van der Waals surface area contributed by atoms with Crippen molar-refractivity contribution >= 4 is 44.7 Å². The Hall–Kier alpha value is -7.26. The fraction of sp³-hybridized carbons (Fsp3) is 0.348. The van der Waals surface area contributed by atoms with E-state index in [1.807, 2.05) is 48.5 Å². The summed E-state index contributed by atoms with van der Waals surface area (Å²) in [5.41, 5.74) is 13.7. The van der Waals surface area contributed by atoms with E-state index in [-0.39, 0.29) is 40.5 Å². The van der Waals surface area contributed by atoms with Crippen LogP contribution in [0.5, 0.6) is 5.75 Å². The molecule has 3 heterocycles. The summed E-state index contributed by atoms with van der Waals surface area (Å²) < 4.78 is 43.1. The number of para-hydroxylation sites is 2. The first-order chi connectivity index (χ1) is 37.0. The Labute approximate surface area is 456 Å². The van der Waals surface area contributed by atoms with E-state index in [9.17, 15) is 22.6 Å². The van der Waals surface area contributed by atoms with Crippen LogP contribution in [0.15, 0.2) is 167 Å². The molecule has 0 bridgehead atoms. The quantitative estimate of drug-likeness (QED) is 0.0366. The maximum absolute atomic E-state index is 13.7. The van der Waals surface area contributed by atoms with Gasteiger partial charge in [-0.05, 0) is 142 Å². The van der Waals surface area contributed by atoms with Gasteiger partial charge in [-0.1, -0.05) is 118 Å². The molecule has 11 heteroatoms. The minimum absolute atomic E-state index is 0.0560. The van der Waals surface area contributed by atoms with Gasteiger partial charge in [-0.2, -0.15) is 13.0 Å². The molecule has 0 aromatic heterocycles. The zero-order valence-electron chi connectivity index (χ0n) is 45.6. The summed E-state index contributed by atoms with van der Waals surface area (Å²) in [6.07, 6.45) is 17.9. The number of amides is 2. The van der Waals surface area contributed by atoms with Crippen LogP contribution in [0.3, 0.4) is 0 Å². The SMILES string of the molecule is CCCCC[N+]1=C(/C=C/C2=C(Oc3ccc(S(=O)(=O)O)cc3)C(=C/C=C3/N(CCCCCC(=O)NCCC(=O)N4Cc5ccccc5C#Cc5ccccc54)c4ccc(C)cc4C3(C)C)/CCC2)C(C)(C)c2ccccc21. The second-order valence-corrected chi connectivity index (χ2v) is 23.3. The molecule has 0 atom stereocenters. The van der Waals surface area contributed by atoms with E-state index in [1.54, 1.807) is 17.0 Å². The molecule has 5 aromatic carbocycles. The van der Waals surface area contributed by atoms with E-state index in [4.69, 9.17) is 4.74 Å². The number of allylic oxidation sites excluding steroid dienone is 7. The van der Waals surface area contributed by atoms with Crippen LogP contribution in [0.1, 0.15) is 139 Å². The predicted molar refractivity (Wildman–Crippen MR) is 310 cm³/mol. The summed E-state index contributed by atoms with van der Waals surface area (Å²) in [6.45, 7) is 15.9. The number of anilines is 2. The highest BCUT2D eigenvalue weighted by Gasteiger charge is 2.44. The van der Waals surface area contributed by atoms with Crippen molar-refractivity contribution < 1.29 is 31.9 Å². The summed E-state index contributed by atoms with van der Waals surface area (Å²) in [6, 6.07) is 37.0. The van der Waals surface area contributed by atoms with E-state index < -0.39 is 10.1 Å². The molecular formula is C66H73N4O6S+. The van der Waals surface area contributed by atoms with Crippen LogP contribution < -0.4 is 19.9 Å². The summed E-state index contributed by atoms with van der Waals surface area (Å²) >= 11 is 0. The topological polar surface area (TPSA) is 119 Å². The van der Waals surface area contributed by atoms with Crippen LogP contribution in [0.2, 0.25) is 0 Å². The zero-order valence-corrected chi connectivity index (χ0v) is 46.4. The van der Waals surface area contributed by atoms with Gasteiger partial charge in [0.2, 0.25) is 17.5 Å². The Morgan fingerprint density at radius 2 is 1.51 bits per heavy atom. The van der Waals surface area contributed by atoms with Crippen LogP contribution in [0.25, 0.3) is 0 Å². The van der Waals surface area contributed by atoms with Gasteiger partial charge in [0.15, 0.2) is 5.71 Å². The average molecular weight is 1050 g/mol. The lowest BCUT2D eigenvalue weighted by molar-refractivity contribution is -0.438. The maximum Gasteiger partial charge on any atom is 0.294 e. The van der Waals surface area contributed by atoms with Crippen molar-refractivity contribution in [2.75, 3.05) is 29.4 Å². The second kappa shape index (κ2) is 23.5. The van der Waals surface area contributed by atoms with E-state index in [0.29, 0.717) is 18.7 Å². The van der Waals surface area contributed by atoms with Crippen LogP contribution in [0, 0.1) is 18.8 Å². The van der Waals surface area contributed by atoms with Gasteiger partial charge in [-0.3, -0.25) is 14.1 Å². The Bertz CT molecular complexity index is 3400. The second-order valence-electron chi connectivity index (χ2n) is 21.8. The summed E-state index contributed by atoms with van der Waals surface area (Å²) in [7, 11) is -4.38. The highest BCUT2D eigenvalue weighted by Crippen LogP contribution is 2.49. The van der Waals surface area contributed by atoms with Crippen molar-refractivity contribution in [3.63, 3.8) is 0 Å². The van der Waals surface area contributed by atoms with Gasteiger partial charge in [-0.15, -0.1) is 0 Å². The lowest BCUT2D eigenvalue weighted by Gasteiger charge is -2.27. The zero-order chi connectivity index (χ0) is 54.3. The van der Waals surface area contributed by atoms with Crippen LogP contribution in [-0.4, -0.2) is 54.7 Å². The molecule has 0 fully saturated rings. The summed E-state index contributed by atoms with van der Waals surface area (Å²) in [5, 5.41) is 3.01. The number of carbonyl (C=O) groups excluding carboxylic acids is 2. The number of hydrogen-bond donors (Lipinski definition) is 2. The number of nitrogens with one attached hydrogen (secondary N) is 1. The molecule has 0 saturated heterocycles. The third-order valence-electron chi connectivity index (χ3n) is 15.7. The third-order valence-corrected chi connectivity index (χ3v) is 16.5. The fourth-order valence-corrected chi connectivity index (χ4v) is 11.9. The molecule has 0 spiro atoms. The van der Waals surface area contributed by atoms with Crippen LogP contribution >= 0.6 is 0 Å². The van der Waals surface area contributed by atoms with Crippen molar-refractivity contribution in [1.29, 1.82) is 0 Å². The lowest BCUT2D eigenvalue weighted by Crippen LogP contribution is -2.35. The number of nitrogens with zero attached hydrogens (tertiary/aromatic N) is 3. The molecule has 77 heavy (non-hydrogen) atoms. The van der Waals surface area contributed by atoms with Gasteiger partial charge in [0.05, 0.1) is 22.5 Å². The minimum atomic E-state index is -4.38. The van der Waals surface area contributed by atoms with E-state index in [2.05, 4.69) is 135 Å². The largest absolute Gasteiger partial charge is 0.457 e. The highest BCUT2D eigenvalue weighted by atomic mass is 32.2. The standard InChI is InChI=1S/C66H72N4O6S/c1-7-8-17-43-68-58-27-16-14-25-55(58)65(3,4)60(68)39-32-50-23-19-24-51(64(50)76-53-34-36-54(37-35-53)77(73,74)75)33-40-61-66(5,6)56-45-47(2)29-38-59(56)69(61)44-18-9-10-28-62(71)67-42-41-63(72)70-46-52-22-12-11-20-48(52)30-31-49-21-13-15-26-57(49)70/h11-16,20-22,25-27,29,32-40,45H,7-10,17-19,23-24,28,41-44,46H2,1-6H3,(H-,67,71,73,74,75)/p+1. The van der Waals surface area contributed by atoms with E-state index >= 15 is 0 Å². The fourth-order valence-electron chi connectivity index (χ4n) is 11.4. The Balaban J connectivity index is 0.917. The molecule has 10 nitrogen and oxygen atoms in total. The number of hydrogen-bond acceptors (Lipinski definition) is 6. The molecule has 1 aliphatic carbocycles. The molecule has 4 aliphatic rings. The molecule has 0 saturated carbocycles. The Morgan fingerprint density at radius 3 is 2.30 bits per heavy atom. The van der Waals surface area contributed by atoms with Gasteiger partial charge < -0.3 is 19.9 Å². The van der Waals surface area contributed by atoms with Crippen molar-refractivity contribution in [2.24, 2.45) is 0 Å². The van der Waals surface area contributed by atoms with Gasteiger partial charge in [-0.25, -0.2) is 0 Å². The van der Waals surface area contributed by atoms with Gasteiger partial charge in [0.25, 0.3) is 10.1 Å². The first kappa shape index (κ1) is 54.5. The van der Waals surface area contributed by atoms with Crippen LogP contribution in [0.4, 0.5) is 17.1 Å². The van der Waals surface area contributed by atoms with Crippen molar-refractivity contribution in [3.8, 4) is 17.6 Å². The maximum atomic E-state index is 13.7. The van der Waals surface area contributed by atoms with E-state index in [1.165, 1.54) is 51.6 Å². The first-order valence-corrected chi connectivity index (χ1v) is 29.0. The molecule has 3 aliphatic heterocycles. The molecular weight excluding hydrogens is 977 g/mol. The molecule has 0 unspecified atom stereocenters. The third kappa shape index (κ3) is 12.2. The Morgan fingerprint density at radius 1 is 0.766 bits per heavy atom. The molecule has 0 radical (unpaired) electrons. The monoisotopic (exact) mass is 1050 g/mol. The number of fused-ring (bicyclic) bond motifs is 4. The van der Waals surface area contributed by atoms with Crippen molar-refractivity contribution in [3.05, 3.63) is 196 Å². The molecule has 2 N–H and O–H groups in total. The summed E-state index contributed by atoms with van der Waals surface area (Å²) in [4.78, 5) is 31.0. The molecule has 5 aromatic rings. The van der Waals surface area contributed by atoms with Gasteiger partial charge in [0.1, 0.15) is 18.1 Å². The first-order valence-electron chi connectivity index (χ1n) is 27.5. The lowest BCUT2D eigenvalue weighted by atomic mass is 9.81. The Kier molecular flexibility index (Phi) is 16.7. The van der Waals surface area contributed by atoms with Crippen molar-refractivity contribution in [2.45, 2.75) is 134 Å². The summed E-state index contributed by atoms with van der Waals surface area (Å²) in [5.74, 6) is 7.62. The molecule has 9 rings (SSSR count).